The van der Waals surface area contributed by atoms with Gasteiger partial charge in [0.25, 0.3) is 0 Å². The summed E-state index contributed by atoms with van der Waals surface area (Å²) in [5.41, 5.74) is 0.374. The third kappa shape index (κ3) is 5.40. The predicted octanol–water partition coefficient (Wildman–Crippen LogP) is 4.11. The highest BCUT2D eigenvalue weighted by Gasteiger charge is 2.19. The summed E-state index contributed by atoms with van der Waals surface area (Å²) in [5, 5.41) is 17.9. The highest BCUT2D eigenvalue weighted by Crippen LogP contribution is 2.17. The Morgan fingerprint density at radius 1 is 0.864 bits per heavy atom. The number of carbonyl (C=O) groups is 2. The van der Waals surface area contributed by atoms with Gasteiger partial charge in [-0.15, -0.1) is 0 Å². The Labute approximate surface area is 130 Å². The Morgan fingerprint density at radius 2 is 1.41 bits per heavy atom. The fourth-order valence-corrected chi connectivity index (χ4v) is 1.99. The standard InChI is InChI=1S/C12H14O4.C6H6/c1-2-3-5-8-6-4-7-9(11(13)14)10(8)12(15)16;1-2-4-6-5-3-1/h4,6-7H,2-3,5H2,1H3,(H,13,14)(H,15,16);1-6H. The van der Waals surface area contributed by atoms with Crippen molar-refractivity contribution in [2.75, 3.05) is 0 Å². The molecule has 0 saturated carbocycles. The largest absolute Gasteiger partial charge is 0.478 e. The van der Waals surface area contributed by atoms with Crippen molar-refractivity contribution in [3.05, 3.63) is 71.3 Å². The van der Waals surface area contributed by atoms with E-state index in [-0.39, 0.29) is 11.1 Å². The lowest BCUT2D eigenvalue weighted by molar-refractivity contribution is 0.0650. The summed E-state index contributed by atoms with van der Waals surface area (Å²) in [4.78, 5) is 21.9. The highest BCUT2D eigenvalue weighted by atomic mass is 16.4. The smallest absolute Gasteiger partial charge is 0.336 e. The maximum Gasteiger partial charge on any atom is 0.336 e. The van der Waals surface area contributed by atoms with Crippen molar-refractivity contribution in [1.82, 2.24) is 0 Å². The number of carboxylic acid groups (broad SMARTS) is 2. The van der Waals surface area contributed by atoms with Crippen LogP contribution < -0.4 is 0 Å². The van der Waals surface area contributed by atoms with E-state index in [9.17, 15) is 9.59 Å². The summed E-state index contributed by atoms with van der Waals surface area (Å²) >= 11 is 0. The minimum absolute atomic E-state index is 0.0801. The second kappa shape index (κ2) is 9.34. The zero-order valence-corrected chi connectivity index (χ0v) is 12.5. The minimum atomic E-state index is -1.20. The number of unbranched alkanes of at least 4 members (excludes halogenated alkanes) is 1. The predicted molar refractivity (Wildman–Crippen MR) is 85.4 cm³/mol. The van der Waals surface area contributed by atoms with Crippen molar-refractivity contribution in [2.24, 2.45) is 0 Å². The average Bonchev–Trinajstić information content (AvgIpc) is 2.54. The molecule has 116 valence electrons. The maximum absolute atomic E-state index is 11.0. The Balaban J connectivity index is 0.000000335. The lowest BCUT2D eigenvalue weighted by Crippen LogP contribution is -2.11. The number of aryl methyl sites for hydroxylation is 1. The van der Waals surface area contributed by atoms with E-state index in [1.165, 1.54) is 6.07 Å². The van der Waals surface area contributed by atoms with E-state index in [4.69, 9.17) is 10.2 Å². The molecule has 2 N–H and O–H groups in total. The lowest BCUT2D eigenvalue weighted by atomic mass is 9.97. The minimum Gasteiger partial charge on any atom is -0.478 e. The van der Waals surface area contributed by atoms with Gasteiger partial charge in [0, 0.05) is 0 Å². The Kier molecular flexibility index (Phi) is 7.40. The van der Waals surface area contributed by atoms with E-state index in [1.807, 2.05) is 43.3 Å². The fourth-order valence-electron chi connectivity index (χ4n) is 1.99. The molecule has 0 fully saturated rings. The number of carboxylic acids is 2. The van der Waals surface area contributed by atoms with Crippen LogP contribution in [0.15, 0.2) is 54.6 Å². The van der Waals surface area contributed by atoms with Gasteiger partial charge in [-0.05, 0) is 24.5 Å². The topological polar surface area (TPSA) is 74.6 Å². The SMILES string of the molecule is CCCCc1cccc(C(=O)O)c1C(=O)O.c1ccccc1. The Morgan fingerprint density at radius 3 is 1.82 bits per heavy atom. The quantitative estimate of drug-likeness (QED) is 0.871. The molecule has 22 heavy (non-hydrogen) atoms. The van der Waals surface area contributed by atoms with Crippen LogP contribution >= 0.6 is 0 Å². The summed E-state index contributed by atoms with van der Waals surface area (Å²) in [5.74, 6) is -2.38. The van der Waals surface area contributed by atoms with E-state index in [1.54, 1.807) is 12.1 Å². The number of rotatable bonds is 5. The number of benzene rings is 2. The maximum atomic E-state index is 11.0. The van der Waals surface area contributed by atoms with Crippen LogP contribution in [0.5, 0.6) is 0 Å². The summed E-state index contributed by atoms with van der Waals surface area (Å²) in [6, 6.07) is 16.6. The van der Waals surface area contributed by atoms with Gasteiger partial charge in [0.2, 0.25) is 0 Å². The van der Waals surface area contributed by atoms with Gasteiger partial charge in [-0.3, -0.25) is 0 Å². The molecule has 0 amide bonds. The van der Waals surface area contributed by atoms with E-state index in [0.29, 0.717) is 12.0 Å². The van der Waals surface area contributed by atoms with Crippen LogP contribution in [0.3, 0.4) is 0 Å². The molecular weight excluding hydrogens is 280 g/mol. The van der Waals surface area contributed by atoms with Gasteiger partial charge in [-0.2, -0.15) is 0 Å². The van der Waals surface area contributed by atoms with Crippen molar-refractivity contribution in [3.8, 4) is 0 Å². The third-order valence-electron chi connectivity index (χ3n) is 3.06. The molecule has 4 heteroatoms. The molecule has 4 nitrogen and oxygen atoms in total. The highest BCUT2D eigenvalue weighted by molar-refractivity contribution is 6.02. The molecule has 2 aromatic carbocycles. The zero-order chi connectivity index (χ0) is 16.4. The van der Waals surface area contributed by atoms with Crippen LogP contribution in [-0.4, -0.2) is 22.2 Å². The second-order valence-corrected chi connectivity index (χ2v) is 4.71. The number of hydrogen-bond donors (Lipinski definition) is 2. The molecule has 0 spiro atoms. The lowest BCUT2D eigenvalue weighted by Gasteiger charge is -2.08. The van der Waals surface area contributed by atoms with Crippen molar-refractivity contribution in [3.63, 3.8) is 0 Å². The van der Waals surface area contributed by atoms with Gasteiger partial charge >= 0.3 is 11.9 Å². The molecule has 0 atom stereocenters. The zero-order valence-electron chi connectivity index (χ0n) is 12.5. The molecule has 0 heterocycles. The number of hydrogen-bond acceptors (Lipinski definition) is 2. The fraction of sp³-hybridized carbons (Fsp3) is 0.222. The Bertz CT molecular complexity index is 579. The van der Waals surface area contributed by atoms with E-state index >= 15 is 0 Å². The molecule has 0 aliphatic rings. The first-order valence-corrected chi connectivity index (χ1v) is 7.16. The van der Waals surface area contributed by atoms with Gasteiger partial charge in [-0.1, -0.05) is 61.9 Å². The van der Waals surface area contributed by atoms with E-state index < -0.39 is 11.9 Å². The number of aromatic carboxylic acids is 2. The van der Waals surface area contributed by atoms with Crippen LogP contribution in [0.1, 0.15) is 46.0 Å². The molecule has 0 aromatic heterocycles. The third-order valence-corrected chi connectivity index (χ3v) is 3.06. The van der Waals surface area contributed by atoms with Gasteiger partial charge in [-0.25, -0.2) is 9.59 Å². The molecule has 0 unspecified atom stereocenters. The van der Waals surface area contributed by atoms with Gasteiger partial charge in [0.05, 0.1) is 11.1 Å². The normalized spacial score (nSPS) is 9.50. The van der Waals surface area contributed by atoms with E-state index in [2.05, 4.69) is 0 Å². The van der Waals surface area contributed by atoms with E-state index in [0.717, 1.165) is 12.8 Å². The Hall–Kier alpha value is -2.62. The monoisotopic (exact) mass is 300 g/mol. The molecule has 2 aromatic rings. The molecule has 2 rings (SSSR count). The molecule has 0 bridgehead atoms. The van der Waals surface area contributed by atoms with Crippen LogP contribution in [0, 0.1) is 0 Å². The first-order chi connectivity index (χ1) is 10.6. The first-order valence-electron chi connectivity index (χ1n) is 7.16. The molecule has 0 aliphatic carbocycles. The van der Waals surface area contributed by atoms with Gasteiger partial charge < -0.3 is 10.2 Å². The van der Waals surface area contributed by atoms with Crippen LogP contribution in [0.25, 0.3) is 0 Å². The van der Waals surface area contributed by atoms with Crippen molar-refractivity contribution in [1.29, 1.82) is 0 Å². The average molecular weight is 300 g/mol. The van der Waals surface area contributed by atoms with Gasteiger partial charge in [0.15, 0.2) is 0 Å². The summed E-state index contributed by atoms with van der Waals surface area (Å²) < 4.78 is 0. The van der Waals surface area contributed by atoms with Gasteiger partial charge in [0.1, 0.15) is 0 Å². The second-order valence-electron chi connectivity index (χ2n) is 4.71. The summed E-state index contributed by atoms with van der Waals surface area (Å²) in [6.45, 7) is 2.00. The van der Waals surface area contributed by atoms with Crippen LogP contribution in [0.4, 0.5) is 0 Å². The molecule has 0 saturated heterocycles. The molecule has 0 radical (unpaired) electrons. The van der Waals surface area contributed by atoms with Crippen molar-refractivity contribution < 1.29 is 19.8 Å². The summed E-state index contributed by atoms with van der Waals surface area (Å²) in [6.07, 6.45) is 2.39. The van der Waals surface area contributed by atoms with Crippen LogP contribution in [-0.2, 0) is 6.42 Å². The van der Waals surface area contributed by atoms with Crippen molar-refractivity contribution >= 4 is 11.9 Å². The summed E-state index contributed by atoms with van der Waals surface area (Å²) in [7, 11) is 0. The molecular formula is C18H20O4. The van der Waals surface area contributed by atoms with Crippen LogP contribution in [0.2, 0.25) is 0 Å². The molecule has 0 aliphatic heterocycles. The first kappa shape index (κ1) is 17.4. The van der Waals surface area contributed by atoms with Crippen molar-refractivity contribution in [2.45, 2.75) is 26.2 Å².